The summed E-state index contributed by atoms with van der Waals surface area (Å²) in [5.41, 5.74) is -0.417. The van der Waals surface area contributed by atoms with Crippen LogP contribution in [0.25, 0.3) is 0 Å². The highest BCUT2D eigenvalue weighted by molar-refractivity contribution is 5.98. The molecule has 2 rings (SSSR count). The van der Waals surface area contributed by atoms with Crippen LogP contribution in [0.2, 0.25) is 0 Å². The van der Waals surface area contributed by atoms with Gasteiger partial charge in [0.25, 0.3) is 11.6 Å². The van der Waals surface area contributed by atoms with Crippen molar-refractivity contribution in [1.82, 2.24) is 5.32 Å². The normalized spacial score (nSPS) is 20.8. The van der Waals surface area contributed by atoms with Gasteiger partial charge in [0, 0.05) is 12.1 Å². The summed E-state index contributed by atoms with van der Waals surface area (Å²) in [6, 6.07) is 3.49. The monoisotopic (exact) mass is 292 g/mol. The molecule has 0 aliphatic heterocycles. The first-order valence-electron chi connectivity index (χ1n) is 7.09. The van der Waals surface area contributed by atoms with Crippen LogP contribution in [0.4, 0.5) is 5.69 Å². The lowest BCUT2D eigenvalue weighted by atomic mass is 9.73. The van der Waals surface area contributed by atoms with E-state index in [1.165, 1.54) is 6.07 Å². The molecule has 6 heteroatoms. The zero-order valence-electron chi connectivity index (χ0n) is 12.3. The van der Waals surface area contributed by atoms with Crippen molar-refractivity contribution in [3.8, 4) is 5.75 Å². The average Bonchev–Trinajstić information content (AvgIpc) is 2.40. The van der Waals surface area contributed by atoms with Crippen LogP contribution in [-0.2, 0) is 0 Å². The lowest BCUT2D eigenvalue weighted by Gasteiger charge is -2.39. The zero-order valence-corrected chi connectivity index (χ0v) is 12.3. The molecule has 0 radical (unpaired) electrons. The topological polar surface area (TPSA) is 92.5 Å². The largest absolute Gasteiger partial charge is 0.508 e. The first kappa shape index (κ1) is 15.3. The highest BCUT2D eigenvalue weighted by Crippen LogP contribution is 2.36. The molecule has 21 heavy (non-hydrogen) atoms. The molecular weight excluding hydrogens is 272 g/mol. The van der Waals surface area contributed by atoms with Crippen molar-refractivity contribution in [2.75, 3.05) is 0 Å². The third-order valence-corrected chi connectivity index (χ3v) is 4.23. The molecule has 1 aliphatic carbocycles. The van der Waals surface area contributed by atoms with Crippen LogP contribution in [0.5, 0.6) is 5.75 Å². The van der Waals surface area contributed by atoms with E-state index in [1.807, 2.05) is 0 Å². The Morgan fingerprint density at radius 2 is 2.14 bits per heavy atom. The van der Waals surface area contributed by atoms with E-state index in [4.69, 9.17) is 0 Å². The zero-order chi connectivity index (χ0) is 15.6. The second kappa shape index (κ2) is 5.71. The van der Waals surface area contributed by atoms with Crippen LogP contribution in [0.1, 0.15) is 49.9 Å². The Hall–Kier alpha value is -2.11. The summed E-state index contributed by atoms with van der Waals surface area (Å²) < 4.78 is 0. The molecule has 1 unspecified atom stereocenters. The molecule has 1 aromatic carbocycles. The summed E-state index contributed by atoms with van der Waals surface area (Å²) in [7, 11) is 0. The predicted octanol–water partition coefficient (Wildman–Crippen LogP) is 3.00. The molecule has 0 aromatic heterocycles. The molecule has 0 bridgehead atoms. The Morgan fingerprint density at radius 3 is 2.76 bits per heavy atom. The Bertz CT molecular complexity index is 569. The molecule has 114 valence electrons. The van der Waals surface area contributed by atoms with Gasteiger partial charge in [-0.1, -0.05) is 26.7 Å². The number of carbonyl (C=O) groups excluding carboxylic acids is 1. The van der Waals surface area contributed by atoms with E-state index in [0.29, 0.717) is 0 Å². The molecule has 0 saturated heterocycles. The number of phenolic OH excluding ortho intramolecular Hbond substituents is 1. The number of benzene rings is 1. The first-order valence-corrected chi connectivity index (χ1v) is 7.09. The molecule has 1 aromatic rings. The lowest BCUT2D eigenvalue weighted by molar-refractivity contribution is -0.385. The van der Waals surface area contributed by atoms with E-state index in [0.717, 1.165) is 37.8 Å². The Balaban J connectivity index is 2.24. The van der Waals surface area contributed by atoms with Gasteiger partial charge in [-0.3, -0.25) is 14.9 Å². The number of hydrogen-bond acceptors (Lipinski definition) is 4. The Kier molecular flexibility index (Phi) is 4.16. The summed E-state index contributed by atoms with van der Waals surface area (Å²) in [5.74, 6) is -0.661. The highest BCUT2D eigenvalue weighted by Gasteiger charge is 2.34. The van der Waals surface area contributed by atoms with Crippen molar-refractivity contribution in [3.63, 3.8) is 0 Å². The van der Waals surface area contributed by atoms with Gasteiger partial charge in [0.1, 0.15) is 11.3 Å². The number of nitrogens with zero attached hydrogens (tertiary/aromatic N) is 1. The van der Waals surface area contributed by atoms with E-state index in [1.54, 1.807) is 0 Å². The van der Waals surface area contributed by atoms with Gasteiger partial charge in [0.05, 0.1) is 4.92 Å². The summed E-state index contributed by atoms with van der Waals surface area (Å²) in [6.07, 6.45) is 4.05. The van der Waals surface area contributed by atoms with Crippen LogP contribution >= 0.6 is 0 Å². The van der Waals surface area contributed by atoms with Crippen LogP contribution in [0, 0.1) is 15.5 Å². The number of carbonyl (C=O) groups is 1. The van der Waals surface area contributed by atoms with Crippen LogP contribution in [0.15, 0.2) is 18.2 Å². The standard InChI is InChI=1S/C15H20N2O4/c1-15(2)8-4-3-5-13(15)16-14(19)11-9-10(18)6-7-12(11)17(20)21/h6-7,9,13,18H,3-5,8H2,1-2H3,(H,16,19). The molecule has 6 nitrogen and oxygen atoms in total. The number of rotatable bonds is 3. The van der Waals surface area contributed by atoms with E-state index < -0.39 is 10.8 Å². The van der Waals surface area contributed by atoms with Crippen molar-refractivity contribution in [2.24, 2.45) is 5.41 Å². The number of phenols is 1. The molecular formula is C15H20N2O4. The third kappa shape index (κ3) is 3.32. The molecule has 1 saturated carbocycles. The van der Waals surface area contributed by atoms with Crippen LogP contribution < -0.4 is 5.32 Å². The van der Waals surface area contributed by atoms with Crippen molar-refractivity contribution in [2.45, 2.75) is 45.6 Å². The van der Waals surface area contributed by atoms with Gasteiger partial charge in [-0.2, -0.15) is 0 Å². The molecule has 0 heterocycles. The maximum atomic E-state index is 12.4. The first-order chi connectivity index (χ1) is 9.81. The van der Waals surface area contributed by atoms with E-state index in [2.05, 4.69) is 19.2 Å². The number of nitro groups is 1. The molecule has 1 fully saturated rings. The predicted molar refractivity (Wildman–Crippen MR) is 78.3 cm³/mol. The van der Waals surface area contributed by atoms with Gasteiger partial charge < -0.3 is 10.4 Å². The minimum atomic E-state index is -0.611. The molecule has 1 atom stereocenters. The third-order valence-electron chi connectivity index (χ3n) is 4.23. The number of nitro benzene ring substituents is 1. The van der Waals surface area contributed by atoms with Gasteiger partial charge in [-0.15, -0.1) is 0 Å². The molecule has 0 spiro atoms. The molecule has 1 aliphatic rings. The Labute approximate surface area is 123 Å². The molecule has 1 amide bonds. The van der Waals surface area contributed by atoms with E-state index in [9.17, 15) is 20.0 Å². The molecule has 2 N–H and O–H groups in total. The summed E-state index contributed by atoms with van der Waals surface area (Å²) in [5, 5.41) is 23.4. The summed E-state index contributed by atoms with van der Waals surface area (Å²) in [6.45, 7) is 4.18. The van der Waals surface area contributed by atoms with Crippen molar-refractivity contribution in [1.29, 1.82) is 0 Å². The van der Waals surface area contributed by atoms with Gasteiger partial charge in [0.15, 0.2) is 0 Å². The second-order valence-corrected chi connectivity index (χ2v) is 6.22. The maximum Gasteiger partial charge on any atom is 0.282 e. The average molecular weight is 292 g/mol. The fourth-order valence-electron chi connectivity index (χ4n) is 2.86. The number of aromatic hydroxyl groups is 1. The van der Waals surface area contributed by atoms with Gasteiger partial charge in [0.2, 0.25) is 0 Å². The fraction of sp³-hybridized carbons (Fsp3) is 0.533. The Morgan fingerprint density at radius 1 is 1.43 bits per heavy atom. The fourth-order valence-corrected chi connectivity index (χ4v) is 2.86. The van der Waals surface area contributed by atoms with Gasteiger partial charge >= 0.3 is 0 Å². The smallest absolute Gasteiger partial charge is 0.282 e. The van der Waals surface area contributed by atoms with Crippen molar-refractivity contribution < 1.29 is 14.8 Å². The van der Waals surface area contributed by atoms with Crippen LogP contribution in [-0.4, -0.2) is 22.0 Å². The number of amides is 1. The van der Waals surface area contributed by atoms with Crippen molar-refractivity contribution in [3.05, 3.63) is 33.9 Å². The summed E-state index contributed by atoms with van der Waals surface area (Å²) in [4.78, 5) is 22.7. The highest BCUT2D eigenvalue weighted by atomic mass is 16.6. The number of nitrogens with one attached hydrogen (secondary N) is 1. The van der Waals surface area contributed by atoms with E-state index in [-0.39, 0.29) is 28.5 Å². The minimum absolute atomic E-state index is 0.0132. The van der Waals surface area contributed by atoms with Crippen LogP contribution in [0.3, 0.4) is 0 Å². The van der Waals surface area contributed by atoms with E-state index >= 15 is 0 Å². The lowest BCUT2D eigenvalue weighted by Crippen LogP contribution is -2.46. The number of hydrogen-bond donors (Lipinski definition) is 2. The second-order valence-electron chi connectivity index (χ2n) is 6.22. The van der Waals surface area contributed by atoms with Crippen molar-refractivity contribution >= 4 is 11.6 Å². The SMILES string of the molecule is CC1(C)CCCCC1NC(=O)c1cc(O)ccc1[N+](=O)[O-]. The quantitative estimate of drug-likeness (QED) is 0.661. The van der Waals surface area contributed by atoms with Gasteiger partial charge in [-0.05, 0) is 30.4 Å². The van der Waals surface area contributed by atoms with Gasteiger partial charge in [-0.25, -0.2) is 0 Å². The summed E-state index contributed by atoms with van der Waals surface area (Å²) >= 11 is 0. The minimum Gasteiger partial charge on any atom is -0.508 e. The maximum absolute atomic E-state index is 12.4.